The van der Waals surface area contributed by atoms with Crippen LogP contribution in [0, 0.1) is 35.3 Å². The Morgan fingerprint density at radius 1 is 0.870 bits per heavy atom. The van der Waals surface area contributed by atoms with Crippen molar-refractivity contribution in [3.8, 4) is 5.75 Å². The quantitative estimate of drug-likeness (QED) is 0.663. The van der Waals surface area contributed by atoms with Gasteiger partial charge in [-0.05, 0) is 74.3 Å². The molecule has 0 radical (unpaired) electrons. The van der Waals surface area contributed by atoms with Crippen LogP contribution in [0.3, 0.4) is 0 Å². The molecule has 128 valence electrons. The summed E-state index contributed by atoms with van der Waals surface area (Å²) in [5, 5.41) is 0. The lowest BCUT2D eigenvalue weighted by Crippen LogP contribution is -2.27. The van der Waals surface area contributed by atoms with Crippen molar-refractivity contribution >= 4 is 0 Å². The van der Waals surface area contributed by atoms with Crippen molar-refractivity contribution in [2.75, 3.05) is 6.61 Å². The first-order valence-corrected chi connectivity index (χ1v) is 9.19. The van der Waals surface area contributed by atoms with Crippen LogP contribution in [-0.2, 0) is 0 Å². The van der Waals surface area contributed by atoms with E-state index in [0.29, 0.717) is 18.3 Å². The molecule has 0 heterocycles. The molecule has 2 aliphatic carbocycles. The zero-order valence-electron chi connectivity index (χ0n) is 14.1. The summed E-state index contributed by atoms with van der Waals surface area (Å²) in [6.07, 6.45) is 10.7. The minimum atomic E-state index is -0.835. The van der Waals surface area contributed by atoms with E-state index in [4.69, 9.17) is 4.74 Å². The van der Waals surface area contributed by atoms with Crippen molar-refractivity contribution in [1.82, 2.24) is 0 Å². The largest absolute Gasteiger partial charge is 0.493 e. The third-order valence-corrected chi connectivity index (χ3v) is 6.00. The molecule has 0 atom stereocenters. The van der Waals surface area contributed by atoms with Gasteiger partial charge in [-0.2, -0.15) is 0 Å². The van der Waals surface area contributed by atoms with Crippen LogP contribution in [0.5, 0.6) is 5.75 Å². The first-order valence-electron chi connectivity index (χ1n) is 9.19. The van der Waals surface area contributed by atoms with Crippen LogP contribution >= 0.6 is 0 Å². The summed E-state index contributed by atoms with van der Waals surface area (Å²) in [6.45, 7) is 3.00. The second-order valence-electron chi connectivity index (χ2n) is 7.69. The summed E-state index contributed by atoms with van der Waals surface area (Å²) in [7, 11) is 0. The monoisotopic (exact) mass is 322 g/mol. The minimum absolute atomic E-state index is 0.437. The second-order valence-corrected chi connectivity index (χ2v) is 7.69. The van der Waals surface area contributed by atoms with Crippen LogP contribution in [0.25, 0.3) is 0 Å². The van der Waals surface area contributed by atoms with Gasteiger partial charge in [0.2, 0.25) is 0 Å². The van der Waals surface area contributed by atoms with Crippen molar-refractivity contribution in [2.24, 2.45) is 23.7 Å². The van der Waals surface area contributed by atoms with Crippen molar-refractivity contribution in [3.63, 3.8) is 0 Å². The molecule has 2 saturated carbocycles. The Balaban J connectivity index is 1.41. The van der Waals surface area contributed by atoms with Crippen LogP contribution in [0.4, 0.5) is 8.78 Å². The van der Waals surface area contributed by atoms with Gasteiger partial charge in [-0.15, -0.1) is 0 Å². The maximum atomic E-state index is 13.2. The summed E-state index contributed by atoms with van der Waals surface area (Å²) in [5.74, 6) is 2.11. The van der Waals surface area contributed by atoms with Gasteiger partial charge in [0.05, 0.1) is 6.61 Å². The van der Waals surface area contributed by atoms with Crippen molar-refractivity contribution < 1.29 is 13.5 Å². The summed E-state index contributed by atoms with van der Waals surface area (Å²) < 4.78 is 31.8. The standard InChI is InChI=1S/C20H28F2O/c1-14-2-6-16(7-3-14)17-8-4-15(5-9-17)13-23-18-10-11-19(21)20(22)12-18/h10-12,14-17H,2-9,13H2,1H3. The predicted molar refractivity (Wildman–Crippen MR) is 88.4 cm³/mol. The Labute approximate surface area is 138 Å². The molecular formula is C20H28F2O. The Kier molecular flexibility index (Phi) is 5.55. The molecule has 23 heavy (non-hydrogen) atoms. The zero-order valence-corrected chi connectivity index (χ0v) is 14.1. The normalized spacial score (nSPS) is 31.8. The van der Waals surface area contributed by atoms with Gasteiger partial charge in [0, 0.05) is 6.07 Å². The highest BCUT2D eigenvalue weighted by molar-refractivity contribution is 5.23. The number of rotatable bonds is 4. The maximum Gasteiger partial charge on any atom is 0.162 e. The van der Waals surface area contributed by atoms with E-state index >= 15 is 0 Å². The molecule has 0 spiro atoms. The van der Waals surface area contributed by atoms with Crippen LogP contribution < -0.4 is 4.74 Å². The summed E-state index contributed by atoms with van der Waals surface area (Å²) in [6, 6.07) is 3.78. The Morgan fingerprint density at radius 2 is 1.48 bits per heavy atom. The molecule has 0 bridgehead atoms. The van der Waals surface area contributed by atoms with Crippen LogP contribution in [0.15, 0.2) is 18.2 Å². The zero-order chi connectivity index (χ0) is 16.2. The Bertz CT molecular complexity index is 500. The molecule has 3 heteroatoms. The van der Waals surface area contributed by atoms with Crippen LogP contribution in [0.2, 0.25) is 0 Å². The van der Waals surface area contributed by atoms with E-state index in [1.54, 1.807) is 0 Å². The SMILES string of the molecule is CC1CCC(C2CCC(COc3ccc(F)c(F)c3)CC2)CC1. The highest BCUT2D eigenvalue weighted by atomic mass is 19.2. The van der Waals surface area contributed by atoms with Gasteiger partial charge in [0.15, 0.2) is 11.6 Å². The molecule has 1 nitrogen and oxygen atoms in total. The molecule has 2 fully saturated rings. The van der Waals surface area contributed by atoms with Crippen molar-refractivity contribution in [3.05, 3.63) is 29.8 Å². The van der Waals surface area contributed by atoms with Gasteiger partial charge in [0.1, 0.15) is 5.75 Å². The Morgan fingerprint density at radius 3 is 2.09 bits per heavy atom. The number of benzene rings is 1. The lowest BCUT2D eigenvalue weighted by atomic mass is 9.69. The first-order chi connectivity index (χ1) is 11.1. The lowest BCUT2D eigenvalue weighted by Gasteiger charge is -2.37. The summed E-state index contributed by atoms with van der Waals surface area (Å²) >= 11 is 0. The number of hydrogen-bond donors (Lipinski definition) is 0. The highest BCUT2D eigenvalue weighted by Gasteiger charge is 2.30. The van der Waals surface area contributed by atoms with Gasteiger partial charge in [-0.1, -0.05) is 19.8 Å². The predicted octanol–water partition coefficient (Wildman–Crippen LogP) is 5.98. The van der Waals surface area contributed by atoms with Crippen LogP contribution in [0.1, 0.15) is 58.3 Å². The molecule has 3 rings (SSSR count). The topological polar surface area (TPSA) is 9.23 Å². The molecule has 0 amide bonds. The van der Waals surface area contributed by atoms with Crippen LogP contribution in [-0.4, -0.2) is 6.61 Å². The number of ether oxygens (including phenoxy) is 1. The van der Waals surface area contributed by atoms with E-state index in [1.165, 1.54) is 57.4 Å². The molecule has 0 saturated heterocycles. The lowest BCUT2D eigenvalue weighted by molar-refractivity contribution is 0.126. The number of halogens is 2. The molecule has 1 aromatic carbocycles. The molecule has 0 N–H and O–H groups in total. The average Bonchev–Trinajstić information content (AvgIpc) is 2.57. The molecule has 0 aromatic heterocycles. The van der Waals surface area contributed by atoms with E-state index in [0.717, 1.165) is 29.9 Å². The fraction of sp³-hybridized carbons (Fsp3) is 0.700. The Hall–Kier alpha value is -1.12. The van der Waals surface area contributed by atoms with Gasteiger partial charge in [0.25, 0.3) is 0 Å². The number of hydrogen-bond acceptors (Lipinski definition) is 1. The smallest absolute Gasteiger partial charge is 0.162 e. The van der Waals surface area contributed by atoms with E-state index < -0.39 is 11.6 Å². The van der Waals surface area contributed by atoms with Crippen molar-refractivity contribution in [1.29, 1.82) is 0 Å². The van der Waals surface area contributed by atoms with E-state index in [9.17, 15) is 8.78 Å². The van der Waals surface area contributed by atoms with Gasteiger partial charge >= 0.3 is 0 Å². The fourth-order valence-corrected chi connectivity index (χ4v) is 4.36. The summed E-state index contributed by atoms with van der Waals surface area (Å²) in [5.41, 5.74) is 0. The summed E-state index contributed by atoms with van der Waals surface area (Å²) in [4.78, 5) is 0. The molecule has 2 aliphatic rings. The van der Waals surface area contributed by atoms with E-state index in [1.807, 2.05) is 0 Å². The van der Waals surface area contributed by atoms with Crippen molar-refractivity contribution in [2.45, 2.75) is 58.3 Å². The molecule has 0 unspecified atom stereocenters. The van der Waals surface area contributed by atoms with Gasteiger partial charge in [-0.3, -0.25) is 0 Å². The third-order valence-electron chi connectivity index (χ3n) is 6.00. The third kappa shape index (κ3) is 4.45. The molecule has 0 aliphatic heterocycles. The minimum Gasteiger partial charge on any atom is -0.493 e. The molecule has 1 aromatic rings. The van der Waals surface area contributed by atoms with E-state index in [-0.39, 0.29) is 0 Å². The maximum absolute atomic E-state index is 13.2. The highest BCUT2D eigenvalue weighted by Crippen LogP contribution is 2.41. The van der Waals surface area contributed by atoms with Gasteiger partial charge in [-0.25, -0.2) is 8.78 Å². The molecular weight excluding hydrogens is 294 g/mol. The first kappa shape index (κ1) is 16.7. The van der Waals surface area contributed by atoms with E-state index in [2.05, 4.69) is 6.92 Å². The fourth-order valence-electron chi connectivity index (χ4n) is 4.36. The second kappa shape index (κ2) is 7.63. The average molecular weight is 322 g/mol. The van der Waals surface area contributed by atoms with Gasteiger partial charge < -0.3 is 4.74 Å².